The zero-order chi connectivity index (χ0) is 18.0. The van der Waals surface area contributed by atoms with Crippen molar-refractivity contribution in [2.75, 3.05) is 26.2 Å². The van der Waals surface area contributed by atoms with E-state index in [4.69, 9.17) is 0 Å². The third-order valence-corrected chi connectivity index (χ3v) is 6.49. The Morgan fingerprint density at radius 3 is 2.28 bits per heavy atom. The number of quaternary nitrogens is 1. The maximum Gasteiger partial charge on any atom is 0.243 e. The number of hydrogen-bond acceptors (Lipinski definition) is 2. The third kappa shape index (κ3) is 4.26. The zero-order valence-corrected chi connectivity index (χ0v) is 15.4. The molecular formula is C19H24FN2O2S+. The molecular weight excluding hydrogens is 339 g/mol. The molecule has 1 heterocycles. The molecule has 6 heteroatoms. The number of benzene rings is 2. The molecule has 0 aliphatic carbocycles. The predicted octanol–water partition coefficient (Wildman–Crippen LogP) is 1.53. The lowest BCUT2D eigenvalue weighted by molar-refractivity contribution is -0.917. The van der Waals surface area contributed by atoms with Gasteiger partial charge >= 0.3 is 0 Å². The fraction of sp³-hybridized carbons (Fsp3) is 0.368. The summed E-state index contributed by atoms with van der Waals surface area (Å²) in [5, 5.41) is 0. The van der Waals surface area contributed by atoms with Crippen LogP contribution in [0.5, 0.6) is 0 Å². The second-order valence-electron chi connectivity index (χ2n) is 6.78. The Hall–Kier alpha value is -1.76. The molecule has 0 radical (unpaired) electrons. The predicted molar refractivity (Wildman–Crippen MR) is 95.5 cm³/mol. The van der Waals surface area contributed by atoms with E-state index >= 15 is 0 Å². The number of halogens is 1. The van der Waals surface area contributed by atoms with Crippen LogP contribution >= 0.6 is 0 Å². The molecule has 0 amide bonds. The molecule has 4 nitrogen and oxygen atoms in total. The van der Waals surface area contributed by atoms with Crippen LogP contribution in [0.3, 0.4) is 0 Å². The van der Waals surface area contributed by atoms with E-state index in [-0.39, 0.29) is 4.90 Å². The highest BCUT2D eigenvalue weighted by Crippen LogP contribution is 2.16. The maximum atomic E-state index is 13.3. The minimum Gasteiger partial charge on any atom is -0.329 e. The first kappa shape index (κ1) is 18.0. The molecule has 0 spiro atoms. The second kappa shape index (κ2) is 7.23. The molecule has 0 atom stereocenters. The first-order chi connectivity index (χ1) is 11.8. The van der Waals surface area contributed by atoms with Crippen molar-refractivity contribution in [2.45, 2.75) is 25.3 Å². The highest BCUT2D eigenvalue weighted by Gasteiger charge is 2.30. The van der Waals surface area contributed by atoms with Crippen LogP contribution in [0.25, 0.3) is 0 Å². The van der Waals surface area contributed by atoms with Crippen molar-refractivity contribution in [3.8, 4) is 0 Å². The van der Waals surface area contributed by atoms with Crippen LogP contribution < -0.4 is 4.90 Å². The SMILES string of the molecule is Cc1cc(C)cc(C[NH+]2CCN(S(=O)(=O)c3cccc(F)c3)CC2)c1. The molecule has 0 unspecified atom stereocenters. The normalized spacial score (nSPS) is 16.9. The standard InChI is InChI=1S/C19H23FN2O2S/c1-15-10-16(2)12-17(11-15)14-21-6-8-22(9-7-21)25(23,24)19-5-3-4-18(20)13-19/h3-5,10-13H,6-9,14H2,1-2H3/p+1. The van der Waals surface area contributed by atoms with Crippen LogP contribution in [0, 0.1) is 19.7 Å². The minimum atomic E-state index is -3.61. The molecule has 25 heavy (non-hydrogen) atoms. The molecule has 0 saturated carbocycles. The summed E-state index contributed by atoms with van der Waals surface area (Å²) in [5.74, 6) is -0.528. The Bertz CT molecular complexity index is 839. The van der Waals surface area contributed by atoms with E-state index in [9.17, 15) is 12.8 Å². The van der Waals surface area contributed by atoms with E-state index in [0.29, 0.717) is 13.1 Å². The molecule has 134 valence electrons. The molecule has 1 fully saturated rings. The first-order valence-corrected chi connectivity index (χ1v) is 9.95. The fourth-order valence-electron chi connectivity index (χ4n) is 3.46. The van der Waals surface area contributed by atoms with Crippen LogP contribution in [0.1, 0.15) is 16.7 Å². The maximum absolute atomic E-state index is 13.3. The van der Waals surface area contributed by atoms with E-state index in [1.807, 2.05) is 0 Å². The topological polar surface area (TPSA) is 41.8 Å². The van der Waals surface area contributed by atoms with Gasteiger partial charge < -0.3 is 4.90 Å². The first-order valence-electron chi connectivity index (χ1n) is 8.51. The quantitative estimate of drug-likeness (QED) is 0.895. The molecule has 2 aromatic rings. The second-order valence-corrected chi connectivity index (χ2v) is 8.72. The molecule has 0 aromatic heterocycles. The van der Waals surface area contributed by atoms with Crippen molar-refractivity contribution in [1.82, 2.24) is 4.31 Å². The molecule has 1 aliphatic rings. The average Bonchev–Trinajstić information content (AvgIpc) is 2.54. The van der Waals surface area contributed by atoms with E-state index in [1.54, 1.807) is 0 Å². The molecule has 0 bridgehead atoms. The summed E-state index contributed by atoms with van der Waals surface area (Å²) >= 11 is 0. The summed E-state index contributed by atoms with van der Waals surface area (Å²) in [7, 11) is -3.61. The Labute approximate surface area is 148 Å². The lowest BCUT2D eigenvalue weighted by atomic mass is 10.1. The number of nitrogens with zero attached hydrogens (tertiary/aromatic N) is 1. The molecule has 1 aliphatic heterocycles. The summed E-state index contributed by atoms with van der Waals surface area (Å²) in [5.41, 5.74) is 3.79. The van der Waals surface area contributed by atoms with Gasteiger partial charge in [-0.2, -0.15) is 4.31 Å². The van der Waals surface area contributed by atoms with Crippen LogP contribution in [-0.4, -0.2) is 38.9 Å². The van der Waals surface area contributed by atoms with Gasteiger partial charge in [-0.3, -0.25) is 0 Å². The van der Waals surface area contributed by atoms with Gasteiger partial charge in [0, 0.05) is 5.56 Å². The highest BCUT2D eigenvalue weighted by atomic mass is 32.2. The van der Waals surface area contributed by atoms with Gasteiger partial charge in [0.1, 0.15) is 12.4 Å². The van der Waals surface area contributed by atoms with Crippen molar-refractivity contribution in [1.29, 1.82) is 0 Å². The zero-order valence-electron chi connectivity index (χ0n) is 14.6. The molecule has 3 rings (SSSR count). The number of sulfonamides is 1. The molecule has 1 N–H and O–H groups in total. The van der Waals surface area contributed by atoms with E-state index in [2.05, 4.69) is 32.0 Å². The average molecular weight is 363 g/mol. The van der Waals surface area contributed by atoms with Gasteiger partial charge in [-0.25, -0.2) is 12.8 Å². The van der Waals surface area contributed by atoms with Crippen molar-refractivity contribution >= 4 is 10.0 Å². The van der Waals surface area contributed by atoms with E-state index in [0.717, 1.165) is 25.7 Å². The van der Waals surface area contributed by atoms with Crippen molar-refractivity contribution in [3.63, 3.8) is 0 Å². The molecule has 2 aromatic carbocycles. The Morgan fingerprint density at radius 2 is 1.68 bits per heavy atom. The third-order valence-electron chi connectivity index (χ3n) is 4.60. The van der Waals surface area contributed by atoms with Crippen molar-refractivity contribution in [3.05, 3.63) is 65.0 Å². The fourth-order valence-corrected chi connectivity index (χ4v) is 4.93. The van der Waals surface area contributed by atoms with E-state index < -0.39 is 15.8 Å². The van der Waals surface area contributed by atoms with E-state index in [1.165, 1.54) is 44.1 Å². The summed E-state index contributed by atoms with van der Waals surface area (Å²) in [6.45, 7) is 7.50. The lowest BCUT2D eigenvalue weighted by Gasteiger charge is -2.31. The Kier molecular flexibility index (Phi) is 5.22. The summed E-state index contributed by atoms with van der Waals surface area (Å²) in [4.78, 5) is 1.40. The van der Waals surface area contributed by atoms with Gasteiger partial charge in [-0.05, 0) is 32.0 Å². The molecule has 1 saturated heterocycles. The van der Waals surface area contributed by atoms with Gasteiger partial charge in [-0.15, -0.1) is 0 Å². The van der Waals surface area contributed by atoms with Crippen LogP contribution in [0.15, 0.2) is 47.4 Å². The monoisotopic (exact) mass is 363 g/mol. The smallest absolute Gasteiger partial charge is 0.243 e. The summed E-state index contributed by atoms with van der Waals surface area (Å²) in [6.07, 6.45) is 0. The summed E-state index contributed by atoms with van der Waals surface area (Å²) < 4.78 is 40.1. The number of aryl methyl sites for hydroxylation is 2. The number of hydrogen-bond donors (Lipinski definition) is 1. The number of piperazine rings is 1. The summed E-state index contributed by atoms with van der Waals surface area (Å²) in [6, 6.07) is 11.8. The van der Waals surface area contributed by atoms with Gasteiger partial charge in [0.15, 0.2) is 0 Å². The van der Waals surface area contributed by atoms with Crippen LogP contribution in [-0.2, 0) is 16.6 Å². The Morgan fingerprint density at radius 1 is 1.04 bits per heavy atom. The van der Waals surface area contributed by atoms with Crippen molar-refractivity contribution in [2.24, 2.45) is 0 Å². The van der Waals surface area contributed by atoms with Gasteiger partial charge in [0.25, 0.3) is 0 Å². The van der Waals surface area contributed by atoms with Gasteiger partial charge in [-0.1, -0.05) is 35.4 Å². The largest absolute Gasteiger partial charge is 0.329 e. The van der Waals surface area contributed by atoms with Crippen LogP contribution in [0.2, 0.25) is 0 Å². The minimum absolute atomic E-state index is 0.0326. The van der Waals surface area contributed by atoms with Crippen LogP contribution in [0.4, 0.5) is 4.39 Å². The van der Waals surface area contributed by atoms with Gasteiger partial charge in [0.05, 0.1) is 31.1 Å². The van der Waals surface area contributed by atoms with Crippen molar-refractivity contribution < 1.29 is 17.7 Å². The lowest BCUT2D eigenvalue weighted by Crippen LogP contribution is -3.13. The highest BCUT2D eigenvalue weighted by molar-refractivity contribution is 7.89. The Balaban J connectivity index is 1.65. The number of rotatable bonds is 4. The van der Waals surface area contributed by atoms with Gasteiger partial charge in [0.2, 0.25) is 10.0 Å². The number of nitrogens with one attached hydrogen (secondary N) is 1.